The number of hydrogen-bond donors (Lipinski definition) is 1. The summed E-state index contributed by atoms with van der Waals surface area (Å²) in [5.41, 5.74) is 6.70. The summed E-state index contributed by atoms with van der Waals surface area (Å²) < 4.78 is 11.3. The topological polar surface area (TPSA) is 61.5 Å². The Morgan fingerprint density at radius 1 is 1.39 bits per heavy atom. The Hall–Kier alpha value is -1.07. The van der Waals surface area contributed by atoms with Gasteiger partial charge in [-0.25, -0.2) is 0 Å². The van der Waals surface area contributed by atoms with Crippen molar-refractivity contribution in [3.63, 3.8) is 0 Å². The molecule has 0 saturated carbocycles. The van der Waals surface area contributed by atoms with E-state index in [-0.39, 0.29) is 5.97 Å². The van der Waals surface area contributed by atoms with Gasteiger partial charge in [0.2, 0.25) is 0 Å². The fraction of sp³-hybridized carbons (Fsp3) is 0.462. The third kappa shape index (κ3) is 4.31. The normalized spacial score (nSPS) is 12.0. The number of carbonyl (C=O) groups excluding carboxylic acids is 1. The zero-order valence-corrected chi connectivity index (χ0v) is 12.2. The van der Waals surface area contributed by atoms with Crippen LogP contribution in [0.25, 0.3) is 0 Å². The average molecular weight is 316 g/mol. The van der Waals surface area contributed by atoms with Gasteiger partial charge in [0.05, 0.1) is 13.2 Å². The van der Waals surface area contributed by atoms with Gasteiger partial charge in [-0.1, -0.05) is 15.9 Å². The molecular formula is C13H18BrNO3. The van der Waals surface area contributed by atoms with Gasteiger partial charge < -0.3 is 15.2 Å². The van der Waals surface area contributed by atoms with Crippen LogP contribution in [0.3, 0.4) is 0 Å². The standard InChI is InChI=1S/C13H18BrNO3/c1-3-17-12-6-5-10(14)7-9(12)8-11(15)13(16)18-4-2/h5-7,11H,3-4,8,15H2,1-2H3. The minimum absolute atomic E-state index is 0.337. The van der Waals surface area contributed by atoms with Crippen molar-refractivity contribution in [2.75, 3.05) is 13.2 Å². The lowest BCUT2D eigenvalue weighted by Gasteiger charge is -2.14. The smallest absolute Gasteiger partial charge is 0.323 e. The van der Waals surface area contributed by atoms with Crippen LogP contribution in [0.4, 0.5) is 0 Å². The molecule has 0 fully saturated rings. The van der Waals surface area contributed by atoms with E-state index in [1.54, 1.807) is 6.92 Å². The minimum Gasteiger partial charge on any atom is -0.494 e. The van der Waals surface area contributed by atoms with E-state index in [4.69, 9.17) is 15.2 Å². The molecule has 0 radical (unpaired) electrons. The van der Waals surface area contributed by atoms with Gasteiger partial charge in [-0.15, -0.1) is 0 Å². The summed E-state index contributed by atoms with van der Waals surface area (Å²) in [7, 11) is 0. The number of nitrogens with two attached hydrogens (primary N) is 1. The predicted molar refractivity (Wildman–Crippen MR) is 73.6 cm³/mol. The van der Waals surface area contributed by atoms with E-state index in [0.29, 0.717) is 19.6 Å². The third-order valence-corrected chi connectivity index (χ3v) is 2.84. The Morgan fingerprint density at radius 3 is 2.72 bits per heavy atom. The zero-order chi connectivity index (χ0) is 13.5. The van der Waals surface area contributed by atoms with Crippen molar-refractivity contribution < 1.29 is 14.3 Å². The van der Waals surface area contributed by atoms with E-state index in [9.17, 15) is 4.79 Å². The molecule has 0 aliphatic heterocycles. The summed E-state index contributed by atoms with van der Waals surface area (Å²) in [5.74, 6) is 0.361. The summed E-state index contributed by atoms with van der Waals surface area (Å²) in [6.45, 7) is 4.58. The highest BCUT2D eigenvalue weighted by atomic mass is 79.9. The second kappa shape index (κ2) is 7.38. The molecule has 0 aromatic heterocycles. The molecule has 2 N–H and O–H groups in total. The van der Waals surface area contributed by atoms with Crippen LogP contribution in [0.15, 0.2) is 22.7 Å². The van der Waals surface area contributed by atoms with Crippen LogP contribution in [0.5, 0.6) is 5.75 Å². The lowest BCUT2D eigenvalue weighted by Crippen LogP contribution is -2.34. The minimum atomic E-state index is -0.668. The number of hydrogen-bond acceptors (Lipinski definition) is 4. The van der Waals surface area contributed by atoms with Gasteiger partial charge >= 0.3 is 5.97 Å². The third-order valence-electron chi connectivity index (χ3n) is 2.35. The average Bonchev–Trinajstić information content (AvgIpc) is 2.33. The van der Waals surface area contributed by atoms with Gasteiger partial charge in [0.15, 0.2) is 0 Å². The van der Waals surface area contributed by atoms with E-state index in [1.165, 1.54) is 0 Å². The predicted octanol–water partition coefficient (Wildman–Crippen LogP) is 2.28. The first-order valence-electron chi connectivity index (χ1n) is 5.91. The van der Waals surface area contributed by atoms with Crippen molar-refractivity contribution in [3.8, 4) is 5.75 Å². The Kier molecular flexibility index (Phi) is 6.15. The molecule has 0 aliphatic carbocycles. The molecule has 0 saturated heterocycles. The number of halogens is 1. The van der Waals surface area contributed by atoms with Gasteiger partial charge in [-0.05, 0) is 37.6 Å². The first kappa shape index (κ1) is 15.0. The molecule has 1 rings (SSSR count). The number of carbonyl (C=O) groups is 1. The monoisotopic (exact) mass is 315 g/mol. The van der Waals surface area contributed by atoms with E-state index >= 15 is 0 Å². The molecule has 0 bridgehead atoms. The molecular weight excluding hydrogens is 298 g/mol. The molecule has 4 nitrogen and oxygen atoms in total. The number of ether oxygens (including phenoxy) is 2. The largest absolute Gasteiger partial charge is 0.494 e. The number of rotatable bonds is 6. The van der Waals surface area contributed by atoms with E-state index in [1.807, 2.05) is 25.1 Å². The van der Waals surface area contributed by atoms with Gasteiger partial charge in [-0.3, -0.25) is 4.79 Å². The molecule has 0 spiro atoms. The first-order valence-corrected chi connectivity index (χ1v) is 6.71. The first-order chi connectivity index (χ1) is 8.58. The Bertz CT molecular complexity index is 409. The SMILES string of the molecule is CCOC(=O)C(N)Cc1cc(Br)ccc1OCC. The van der Waals surface area contributed by atoms with Gasteiger partial charge in [-0.2, -0.15) is 0 Å². The van der Waals surface area contributed by atoms with Crippen molar-refractivity contribution in [2.45, 2.75) is 26.3 Å². The second-order valence-electron chi connectivity index (χ2n) is 3.75. The van der Waals surface area contributed by atoms with Crippen LogP contribution < -0.4 is 10.5 Å². The quantitative estimate of drug-likeness (QED) is 0.818. The van der Waals surface area contributed by atoms with Gasteiger partial charge in [0, 0.05) is 10.9 Å². The highest BCUT2D eigenvalue weighted by Gasteiger charge is 2.17. The maximum atomic E-state index is 11.5. The molecule has 1 aromatic rings. The summed E-state index contributed by atoms with van der Waals surface area (Å²) in [5, 5.41) is 0. The molecule has 1 aromatic carbocycles. The van der Waals surface area contributed by atoms with Crippen LogP contribution in [-0.4, -0.2) is 25.2 Å². The van der Waals surface area contributed by atoms with Crippen LogP contribution in [0, 0.1) is 0 Å². The highest BCUT2D eigenvalue weighted by Crippen LogP contribution is 2.24. The van der Waals surface area contributed by atoms with Crippen LogP contribution in [0.2, 0.25) is 0 Å². The van der Waals surface area contributed by atoms with Crippen molar-refractivity contribution in [1.29, 1.82) is 0 Å². The van der Waals surface area contributed by atoms with Crippen LogP contribution in [0.1, 0.15) is 19.4 Å². The molecule has 18 heavy (non-hydrogen) atoms. The summed E-state index contributed by atoms with van der Waals surface area (Å²) in [6, 6.07) is 4.99. The molecule has 1 unspecified atom stereocenters. The van der Waals surface area contributed by atoms with Crippen molar-refractivity contribution in [2.24, 2.45) is 5.73 Å². The van der Waals surface area contributed by atoms with Crippen LogP contribution in [-0.2, 0) is 16.0 Å². The Labute approximate surface area is 116 Å². The molecule has 1 atom stereocenters. The summed E-state index contributed by atoms with van der Waals surface area (Å²) >= 11 is 3.39. The molecule has 100 valence electrons. The summed E-state index contributed by atoms with van der Waals surface area (Å²) in [4.78, 5) is 11.5. The lowest BCUT2D eigenvalue weighted by molar-refractivity contribution is -0.144. The molecule has 5 heteroatoms. The lowest BCUT2D eigenvalue weighted by atomic mass is 10.1. The van der Waals surface area contributed by atoms with Crippen molar-refractivity contribution >= 4 is 21.9 Å². The number of esters is 1. The van der Waals surface area contributed by atoms with Crippen molar-refractivity contribution in [1.82, 2.24) is 0 Å². The summed E-state index contributed by atoms with van der Waals surface area (Å²) in [6.07, 6.45) is 0.396. The fourth-order valence-electron chi connectivity index (χ4n) is 1.57. The maximum Gasteiger partial charge on any atom is 0.323 e. The number of benzene rings is 1. The van der Waals surface area contributed by atoms with E-state index < -0.39 is 6.04 Å². The zero-order valence-electron chi connectivity index (χ0n) is 10.6. The molecule has 0 amide bonds. The highest BCUT2D eigenvalue weighted by molar-refractivity contribution is 9.10. The Balaban J connectivity index is 2.81. The van der Waals surface area contributed by atoms with E-state index in [2.05, 4.69) is 15.9 Å². The molecule has 0 heterocycles. The van der Waals surface area contributed by atoms with Crippen molar-refractivity contribution in [3.05, 3.63) is 28.2 Å². The van der Waals surface area contributed by atoms with E-state index in [0.717, 1.165) is 15.8 Å². The fourth-order valence-corrected chi connectivity index (χ4v) is 1.98. The van der Waals surface area contributed by atoms with Gasteiger partial charge in [0.1, 0.15) is 11.8 Å². The Morgan fingerprint density at radius 2 is 2.11 bits per heavy atom. The molecule has 0 aliphatic rings. The van der Waals surface area contributed by atoms with Gasteiger partial charge in [0.25, 0.3) is 0 Å². The second-order valence-corrected chi connectivity index (χ2v) is 4.66. The maximum absolute atomic E-state index is 11.5. The van der Waals surface area contributed by atoms with Crippen LogP contribution >= 0.6 is 15.9 Å².